The van der Waals surface area contributed by atoms with E-state index in [0.717, 1.165) is 70.8 Å². The summed E-state index contributed by atoms with van der Waals surface area (Å²) in [5.74, 6) is 1.05. The van der Waals surface area contributed by atoms with E-state index in [1.165, 1.54) is 30.6 Å². The standard InChI is InChI=1S/C28H28BrN3O/c1-28(2)22-14-25(32-9-7-31(8-10-32)16-17-3-4-17)24(29)13-21(22)27(33)26-20-6-5-18(15-30)11-19(20)12-23(26)28/h5-6,11,13-14,17H,3-4,7-10,12,16H2,1-2H3. The van der Waals surface area contributed by atoms with Crippen LogP contribution in [-0.2, 0) is 11.8 Å². The number of allylic oxidation sites excluding steroid dienone is 2. The lowest BCUT2D eigenvalue weighted by molar-refractivity contribution is 0.105. The van der Waals surface area contributed by atoms with E-state index in [1.54, 1.807) is 0 Å². The predicted octanol–water partition coefficient (Wildman–Crippen LogP) is 5.34. The van der Waals surface area contributed by atoms with E-state index in [1.807, 2.05) is 18.2 Å². The lowest BCUT2D eigenvalue weighted by atomic mass is 9.68. The number of ketones is 1. The first kappa shape index (κ1) is 21.1. The zero-order chi connectivity index (χ0) is 22.9. The van der Waals surface area contributed by atoms with Gasteiger partial charge in [-0.15, -0.1) is 0 Å². The van der Waals surface area contributed by atoms with Gasteiger partial charge in [0, 0.05) is 53.7 Å². The Balaban J connectivity index is 1.34. The Morgan fingerprint density at radius 3 is 2.55 bits per heavy atom. The van der Waals surface area contributed by atoms with Crippen molar-refractivity contribution in [3.05, 3.63) is 68.2 Å². The van der Waals surface area contributed by atoms with Crippen molar-refractivity contribution in [1.29, 1.82) is 5.26 Å². The fourth-order valence-electron chi connectivity index (χ4n) is 5.93. The molecular weight excluding hydrogens is 474 g/mol. The molecule has 5 heteroatoms. The summed E-state index contributed by atoms with van der Waals surface area (Å²) in [7, 11) is 0. The number of nitriles is 1. The second kappa shape index (κ2) is 7.55. The molecule has 3 aliphatic carbocycles. The maximum Gasteiger partial charge on any atom is 0.193 e. The molecule has 33 heavy (non-hydrogen) atoms. The number of piperazine rings is 1. The van der Waals surface area contributed by atoms with Gasteiger partial charge in [0.05, 0.1) is 17.3 Å². The first-order chi connectivity index (χ1) is 15.9. The Bertz CT molecular complexity index is 1260. The van der Waals surface area contributed by atoms with Gasteiger partial charge in [0.15, 0.2) is 5.78 Å². The van der Waals surface area contributed by atoms with Crippen molar-refractivity contribution in [3.63, 3.8) is 0 Å². The number of hydrogen-bond donors (Lipinski definition) is 0. The van der Waals surface area contributed by atoms with E-state index in [9.17, 15) is 10.1 Å². The average Bonchev–Trinajstić information content (AvgIpc) is 3.53. The van der Waals surface area contributed by atoms with Crippen LogP contribution in [0, 0.1) is 17.2 Å². The molecule has 1 saturated heterocycles. The molecule has 0 bridgehead atoms. The number of benzene rings is 2. The SMILES string of the molecule is CC1(C)C2=C(C(=O)c3cc(Br)c(N4CCN(CC5CC5)CC4)cc31)c1ccc(C#N)cc1C2. The third kappa shape index (κ3) is 3.38. The first-order valence-corrected chi connectivity index (χ1v) is 12.8. The second-order valence-electron chi connectivity index (χ2n) is 10.5. The average molecular weight is 502 g/mol. The molecule has 0 amide bonds. The minimum Gasteiger partial charge on any atom is -0.368 e. The van der Waals surface area contributed by atoms with Gasteiger partial charge in [0.1, 0.15) is 0 Å². The highest BCUT2D eigenvalue weighted by atomic mass is 79.9. The van der Waals surface area contributed by atoms with Gasteiger partial charge in [-0.2, -0.15) is 5.26 Å². The van der Waals surface area contributed by atoms with Crippen LogP contribution < -0.4 is 4.90 Å². The van der Waals surface area contributed by atoms with Crippen LogP contribution in [0.3, 0.4) is 0 Å². The quantitative estimate of drug-likeness (QED) is 0.569. The van der Waals surface area contributed by atoms with Gasteiger partial charge in [-0.3, -0.25) is 9.69 Å². The van der Waals surface area contributed by atoms with Gasteiger partial charge in [-0.1, -0.05) is 19.9 Å². The molecule has 0 radical (unpaired) electrons. The fourth-order valence-corrected chi connectivity index (χ4v) is 6.53. The molecular formula is C28H28BrN3O. The van der Waals surface area contributed by atoms with Crippen molar-refractivity contribution in [1.82, 2.24) is 4.90 Å². The smallest absolute Gasteiger partial charge is 0.193 e. The van der Waals surface area contributed by atoms with Crippen LogP contribution in [0.1, 0.15) is 59.3 Å². The summed E-state index contributed by atoms with van der Waals surface area (Å²) >= 11 is 3.80. The van der Waals surface area contributed by atoms with Crippen LogP contribution in [0.15, 0.2) is 40.4 Å². The molecule has 0 aromatic heterocycles. The van der Waals surface area contributed by atoms with Gasteiger partial charge in [0.25, 0.3) is 0 Å². The molecule has 0 unspecified atom stereocenters. The first-order valence-electron chi connectivity index (χ1n) is 12.0. The van der Waals surface area contributed by atoms with E-state index in [0.29, 0.717) is 5.56 Å². The molecule has 4 nitrogen and oxygen atoms in total. The molecule has 1 heterocycles. The Kier molecular flexibility index (Phi) is 4.83. The predicted molar refractivity (Wildman–Crippen MR) is 135 cm³/mol. The summed E-state index contributed by atoms with van der Waals surface area (Å²) in [4.78, 5) is 18.8. The lowest BCUT2D eigenvalue weighted by Gasteiger charge is -2.39. The number of halogens is 1. The number of nitrogens with zero attached hydrogens (tertiary/aromatic N) is 3. The molecule has 1 saturated carbocycles. The minimum atomic E-state index is -0.242. The van der Waals surface area contributed by atoms with Crippen molar-refractivity contribution in [3.8, 4) is 6.07 Å². The number of hydrogen-bond acceptors (Lipinski definition) is 4. The molecule has 0 spiro atoms. The van der Waals surface area contributed by atoms with Crippen LogP contribution in [0.2, 0.25) is 0 Å². The summed E-state index contributed by atoms with van der Waals surface area (Å²) in [6.45, 7) is 10.0. The third-order valence-electron chi connectivity index (χ3n) is 8.09. The number of anilines is 1. The maximum absolute atomic E-state index is 13.7. The van der Waals surface area contributed by atoms with Crippen molar-refractivity contribution in [2.24, 2.45) is 5.92 Å². The van der Waals surface area contributed by atoms with Crippen molar-refractivity contribution >= 4 is 33.0 Å². The highest BCUT2D eigenvalue weighted by Crippen LogP contribution is 2.51. The monoisotopic (exact) mass is 501 g/mol. The Hall–Kier alpha value is -2.42. The van der Waals surface area contributed by atoms with Crippen molar-refractivity contribution in [2.75, 3.05) is 37.6 Å². The van der Waals surface area contributed by atoms with E-state index in [2.05, 4.69) is 57.8 Å². The number of carbonyl (C=O) groups is 1. The topological polar surface area (TPSA) is 47.3 Å². The van der Waals surface area contributed by atoms with Crippen LogP contribution in [-0.4, -0.2) is 43.4 Å². The van der Waals surface area contributed by atoms with E-state index >= 15 is 0 Å². The van der Waals surface area contributed by atoms with Crippen LogP contribution in [0.4, 0.5) is 5.69 Å². The molecule has 2 aromatic rings. The molecule has 1 aliphatic heterocycles. The van der Waals surface area contributed by atoms with Gasteiger partial charge in [-0.25, -0.2) is 0 Å². The molecule has 168 valence electrons. The van der Waals surface area contributed by atoms with Gasteiger partial charge in [0.2, 0.25) is 0 Å². The normalized spacial score (nSPS) is 21.5. The summed E-state index contributed by atoms with van der Waals surface area (Å²) in [5.41, 5.74) is 7.67. The maximum atomic E-state index is 13.7. The molecule has 0 atom stereocenters. The van der Waals surface area contributed by atoms with E-state index < -0.39 is 0 Å². The summed E-state index contributed by atoms with van der Waals surface area (Å²) in [6.07, 6.45) is 3.54. The molecule has 6 rings (SSSR count). The summed E-state index contributed by atoms with van der Waals surface area (Å²) < 4.78 is 1.00. The minimum absolute atomic E-state index is 0.115. The van der Waals surface area contributed by atoms with Crippen LogP contribution in [0.5, 0.6) is 0 Å². The Morgan fingerprint density at radius 2 is 1.85 bits per heavy atom. The van der Waals surface area contributed by atoms with E-state index in [-0.39, 0.29) is 11.2 Å². The van der Waals surface area contributed by atoms with Gasteiger partial charge >= 0.3 is 0 Å². The summed E-state index contributed by atoms with van der Waals surface area (Å²) in [6, 6.07) is 12.3. The van der Waals surface area contributed by atoms with Gasteiger partial charge in [-0.05, 0) is 87.6 Å². The fraction of sp³-hybridized carbons (Fsp3) is 0.429. The van der Waals surface area contributed by atoms with Crippen molar-refractivity contribution in [2.45, 2.75) is 38.5 Å². The van der Waals surface area contributed by atoms with Crippen LogP contribution >= 0.6 is 15.9 Å². The molecule has 2 aromatic carbocycles. The third-order valence-corrected chi connectivity index (χ3v) is 8.72. The Morgan fingerprint density at radius 1 is 1.09 bits per heavy atom. The largest absolute Gasteiger partial charge is 0.368 e. The van der Waals surface area contributed by atoms with E-state index in [4.69, 9.17) is 0 Å². The highest BCUT2D eigenvalue weighted by molar-refractivity contribution is 9.10. The number of carbonyl (C=O) groups excluding carboxylic acids is 1. The van der Waals surface area contributed by atoms with Gasteiger partial charge < -0.3 is 4.90 Å². The molecule has 4 aliphatic rings. The zero-order valence-electron chi connectivity index (χ0n) is 19.2. The zero-order valence-corrected chi connectivity index (χ0v) is 20.8. The molecule has 2 fully saturated rings. The van der Waals surface area contributed by atoms with Crippen LogP contribution in [0.25, 0.3) is 5.57 Å². The second-order valence-corrected chi connectivity index (χ2v) is 11.4. The lowest BCUT2D eigenvalue weighted by Crippen LogP contribution is -2.47. The highest BCUT2D eigenvalue weighted by Gasteiger charge is 2.43. The number of Topliss-reactive ketones (excluding diaryl/α,β-unsaturated/α-hetero) is 1. The Labute approximate surface area is 204 Å². The summed E-state index contributed by atoms with van der Waals surface area (Å²) in [5, 5.41) is 9.33. The number of rotatable bonds is 3. The number of fused-ring (bicyclic) bond motifs is 3. The van der Waals surface area contributed by atoms with Crippen molar-refractivity contribution < 1.29 is 4.79 Å². The molecule has 0 N–H and O–H groups in total.